The van der Waals surface area contributed by atoms with Crippen LogP contribution < -0.4 is 0 Å². The third-order valence-electron chi connectivity index (χ3n) is 3.80. The number of rotatable bonds is 3. The zero-order valence-electron chi connectivity index (χ0n) is 14.3. The van der Waals surface area contributed by atoms with Crippen LogP contribution in [0.3, 0.4) is 0 Å². The molecule has 1 aromatic rings. The van der Waals surface area contributed by atoms with Gasteiger partial charge in [0.25, 0.3) is 0 Å². The van der Waals surface area contributed by atoms with Gasteiger partial charge in [-0.15, -0.1) is 0 Å². The summed E-state index contributed by atoms with van der Waals surface area (Å²) in [6.45, 7) is 6.97. The standard InChI is InChI=1S/C17H25NO5/c1-17(2,3)23-16(20)18-9-7-12(8-10-18)11-13-5-6-14(22-13)15(19)21-4/h5-6,12H,7-11H2,1-4H3. The zero-order chi connectivity index (χ0) is 17.0. The molecular formula is C17H25NO5. The van der Waals surface area contributed by atoms with E-state index in [2.05, 4.69) is 4.74 Å². The fourth-order valence-corrected chi connectivity index (χ4v) is 2.63. The summed E-state index contributed by atoms with van der Waals surface area (Å²) in [5, 5.41) is 0. The van der Waals surface area contributed by atoms with E-state index in [1.165, 1.54) is 7.11 Å². The molecule has 0 unspecified atom stereocenters. The smallest absolute Gasteiger partial charge is 0.410 e. The summed E-state index contributed by atoms with van der Waals surface area (Å²) in [6.07, 6.45) is 2.31. The lowest BCUT2D eigenvalue weighted by atomic mass is 9.93. The molecule has 1 saturated heterocycles. The Morgan fingerprint density at radius 2 is 1.91 bits per heavy atom. The second-order valence-corrected chi connectivity index (χ2v) is 6.87. The maximum Gasteiger partial charge on any atom is 0.410 e. The Morgan fingerprint density at radius 1 is 1.26 bits per heavy atom. The number of nitrogens with zero attached hydrogens (tertiary/aromatic N) is 1. The molecule has 1 fully saturated rings. The van der Waals surface area contributed by atoms with Gasteiger partial charge in [0.15, 0.2) is 0 Å². The van der Waals surface area contributed by atoms with Crippen LogP contribution >= 0.6 is 0 Å². The summed E-state index contributed by atoms with van der Waals surface area (Å²) in [5.74, 6) is 0.983. The second-order valence-electron chi connectivity index (χ2n) is 6.87. The van der Waals surface area contributed by atoms with Crippen molar-refractivity contribution in [3.8, 4) is 0 Å². The molecule has 0 saturated carbocycles. The van der Waals surface area contributed by atoms with Crippen molar-refractivity contribution in [2.45, 2.75) is 45.6 Å². The largest absolute Gasteiger partial charge is 0.463 e. The fourth-order valence-electron chi connectivity index (χ4n) is 2.63. The molecule has 6 nitrogen and oxygen atoms in total. The lowest BCUT2D eigenvalue weighted by Crippen LogP contribution is -2.42. The maximum atomic E-state index is 12.0. The van der Waals surface area contributed by atoms with Crippen LogP contribution in [0, 0.1) is 5.92 Å². The van der Waals surface area contributed by atoms with Gasteiger partial charge in [0.2, 0.25) is 5.76 Å². The van der Waals surface area contributed by atoms with Gasteiger partial charge in [-0.1, -0.05) is 0 Å². The maximum absolute atomic E-state index is 12.0. The average Bonchev–Trinajstić information content (AvgIpc) is 2.94. The molecule has 2 heterocycles. The molecule has 1 aromatic heterocycles. The Labute approximate surface area is 136 Å². The lowest BCUT2D eigenvalue weighted by Gasteiger charge is -2.33. The number of amides is 1. The van der Waals surface area contributed by atoms with Gasteiger partial charge in [-0.2, -0.15) is 0 Å². The number of esters is 1. The van der Waals surface area contributed by atoms with Gasteiger partial charge in [0, 0.05) is 19.5 Å². The molecule has 128 valence electrons. The van der Waals surface area contributed by atoms with Gasteiger partial charge in [0.05, 0.1) is 7.11 Å². The highest BCUT2D eigenvalue weighted by atomic mass is 16.6. The van der Waals surface area contributed by atoms with Gasteiger partial charge >= 0.3 is 12.1 Å². The van der Waals surface area contributed by atoms with E-state index in [1.807, 2.05) is 26.8 Å². The topological polar surface area (TPSA) is 69.0 Å². The van der Waals surface area contributed by atoms with E-state index in [0.29, 0.717) is 19.0 Å². The summed E-state index contributed by atoms with van der Waals surface area (Å²) >= 11 is 0. The van der Waals surface area contributed by atoms with E-state index in [1.54, 1.807) is 11.0 Å². The molecule has 0 atom stereocenters. The molecule has 0 aromatic carbocycles. The highest BCUT2D eigenvalue weighted by Gasteiger charge is 2.27. The van der Waals surface area contributed by atoms with Crippen molar-refractivity contribution in [3.05, 3.63) is 23.7 Å². The molecule has 1 aliphatic heterocycles. The van der Waals surface area contributed by atoms with E-state index >= 15 is 0 Å². The number of hydrogen-bond acceptors (Lipinski definition) is 5. The molecule has 0 aliphatic carbocycles. The molecule has 23 heavy (non-hydrogen) atoms. The molecule has 0 N–H and O–H groups in total. The predicted octanol–water partition coefficient (Wildman–Crippen LogP) is 3.26. The Morgan fingerprint density at radius 3 is 2.48 bits per heavy atom. The van der Waals surface area contributed by atoms with Crippen molar-refractivity contribution < 1.29 is 23.5 Å². The predicted molar refractivity (Wildman–Crippen MR) is 84.3 cm³/mol. The monoisotopic (exact) mass is 323 g/mol. The SMILES string of the molecule is COC(=O)c1ccc(CC2CCN(C(=O)OC(C)(C)C)CC2)o1. The minimum absolute atomic E-state index is 0.230. The summed E-state index contributed by atoms with van der Waals surface area (Å²) in [5.41, 5.74) is -0.466. The van der Waals surface area contributed by atoms with Crippen LogP contribution in [0.1, 0.15) is 49.9 Å². The number of carbonyl (C=O) groups is 2. The molecular weight excluding hydrogens is 298 g/mol. The van der Waals surface area contributed by atoms with Crippen molar-refractivity contribution in [2.75, 3.05) is 20.2 Å². The van der Waals surface area contributed by atoms with E-state index in [4.69, 9.17) is 9.15 Å². The van der Waals surface area contributed by atoms with Crippen LogP contribution in [-0.2, 0) is 15.9 Å². The number of methoxy groups -OCH3 is 1. The Hall–Kier alpha value is -1.98. The first-order chi connectivity index (χ1) is 10.8. The van der Waals surface area contributed by atoms with Crippen LogP contribution in [0.25, 0.3) is 0 Å². The molecule has 1 aliphatic rings. The van der Waals surface area contributed by atoms with E-state index in [-0.39, 0.29) is 11.9 Å². The molecule has 2 rings (SSSR count). The zero-order valence-corrected chi connectivity index (χ0v) is 14.3. The van der Waals surface area contributed by atoms with Gasteiger partial charge in [0.1, 0.15) is 11.4 Å². The van der Waals surface area contributed by atoms with Gasteiger partial charge in [-0.05, 0) is 51.7 Å². The number of hydrogen-bond donors (Lipinski definition) is 0. The Kier molecular flexibility index (Phi) is 5.34. The van der Waals surface area contributed by atoms with Crippen LogP contribution in [0.4, 0.5) is 4.79 Å². The quantitative estimate of drug-likeness (QED) is 0.799. The Bertz CT molecular complexity index is 550. The summed E-state index contributed by atoms with van der Waals surface area (Å²) < 4.78 is 15.5. The van der Waals surface area contributed by atoms with Crippen molar-refractivity contribution >= 4 is 12.1 Å². The van der Waals surface area contributed by atoms with E-state index in [9.17, 15) is 9.59 Å². The van der Waals surface area contributed by atoms with E-state index in [0.717, 1.165) is 25.0 Å². The summed E-state index contributed by atoms with van der Waals surface area (Å²) in [7, 11) is 1.33. The molecule has 0 radical (unpaired) electrons. The third kappa shape index (κ3) is 5.01. The van der Waals surface area contributed by atoms with Crippen LogP contribution in [-0.4, -0.2) is 42.8 Å². The Balaban J connectivity index is 1.82. The first-order valence-electron chi connectivity index (χ1n) is 7.93. The first-order valence-corrected chi connectivity index (χ1v) is 7.93. The van der Waals surface area contributed by atoms with Gasteiger partial charge in [-0.25, -0.2) is 9.59 Å². The highest BCUT2D eigenvalue weighted by molar-refractivity contribution is 5.86. The number of piperidine rings is 1. The van der Waals surface area contributed by atoms with Crippen molar-refractivity contribution in [2.24, 2.45) is 5.92 Å². The number of carbonyl (C=O) groups excluding carboxylic acids is 2. The van der Waals surface area contributed by atoms with Crippen molar-refractivity contribution in [3.63, 3.8) is 0 Å². The van der Waals surface area contributed by atoms with Crippen molar-refractivity contribution in [1.29, 1.82) is 0 Å². The summed E-state index contributed by atoms with van der Waals surface area (Å²) in [6, 6.07) is 3.45. The number of furan rings is 1. The lowest BCUT2D eigenvalue weighted by molar-refractivity contribution is 0.0182. The minimum atomic E-state index is -0.466. The highest BCUT2D eigenvalue weighted by Crippen LogP contribution is 2.24. The molecule has 1 amide bonds. The first kappa shape index (κ1) is 17.4. The normalized spacial score (nSPS) is 16.3. The molecule has 0 bridgehead atoms. The fraction of sp³-hybridized carbons (Fsp3) is 0.647. The van der Waals surface area contributed by atoms with Crippen LogP contribution in [0.15, 0.2) is 16.5 Å². The third-order valence-corrected chi connectivity index (χ3v) is 3.80. The minimum Gasteiger partial charge on any atom is -0.463 e. The number of likely N-dealkylation sites (tertiary alicyclic amines) is 1. The van der Waals surface area contributed by atoms with Crippen LogP contribution in [0.5, 0.6) is 0 Å². The average molecular weight is 323 g/mol. The van der Waals surface area contributed by atoms with Gasteiger partial charge < -0.3 is 18.8 Å². The molecule has 6 heteroatoms. The summed E-state index contributed by atoms with van der Waals surface area (Å²) in [4.78, 5) is 25.2. The second kappa shape index (κ2) is 7.06. The van der Waals surface area contributed by atoms with Crippen LogP contribution in [0.2, 0.25) is 0 Å². The van der Waals surface area contributed by atoms with E-state index < -0.39 is 11.6 Å². The number of ether oxygens (including phenoxy) is 2. The molecule has 0 spiro atoms. The van der Waals surface area contributed by atoms with Crippen molar-refractivity contribution in [1.82, 2.24) is 4.90 Å². The van der Waals surface area contributed by atoms with Gasteiger partial charge in [-0.3, -0.25) is 0 Å².